The summed E-state index contributed by atoms with van der Waals surface area (Å²) in [6.45, 7) is 4.39. The van der Waals surface area contributed by atoms with Crippen LogP contribution >= 0.6 is 11.6 Å². The van der Waals surface area contributed by atoms with Gasteiger partial charge in [0, 0.05) is 32.6 Å². The van der Waals surface area contributed by atoms with E-state index >= 15 is 0 Å². The predicted molar refractivity (Wildman–Crippen MR) is 108 cm³/mol. The zero-order valence-corrected chi connectivity index (χ0v) is 16.8. The first-order valence-corrected chi connectivity index (χ1v) is 11.0. The Morgan fingerprint density at radius 2 is 1.63 bits per heavy atom. The normalized spacial score (nSPS) is 15.0. The second-order valence-corrected chi connectivity index (χ2v) is 9.22. The number of hydrogen-bond acceptors (Lipinski definition) is 4. The fourth-order valence-electron chi connectivity index (χ4n) is 3.15. The number of halogens is 1. The molecule has 0 N–H and O–H groups in total. The predicted octanol–water partition coefficient (Wildman–Crippen LogP) is 3.16. The maximum absolute atomic E-state index is 12.5. The van der Waals surface area contributed by atoms with E-state index < -0.39 is 9.84 Å². The molecule has 1 heterocycles. The van der Waals surface area contributed by atoms with E-state index in [4.69, 9.17) is 11.6 Å². The third-order valence-corrected chi connectivity index (χ3v) is 6.84. The van der Waals surface area contributed by atoms with Crippen molar-refractivity contribution in [2.24, 2.45) is 0 Å². The highest BCUT2D eigenvalue weighted by atomic mass is 35.5. The Bertz CT molecular complexity index is 905. The zero-order valence-electron chi connectivity index (χ0n) is 15.3. The second kappa shape index (κ2) is 8.31. The van der Waals surface area contributed by atoms with Crippen molar-refractivity contribution in [2.75, 3.05) is 36.8 Å². The van der Waals surface area contributed by atoms with E-state index in [1.165, 1.54) is 0 Å². The molecule has 1 saturated heterocycles. The first kappa shape index (κ1) is 19.7. The van der Waals surface area contributed by atoms with Gasteiger partial charge in [0.25, 0.3) is 0 Å². The number of carbonyl (C=O) groups excluding carboxylic acids is 1. The summed E-state index contributed by atoms with van der Waals surface area (Å²) in [5.74, 6) is -0.288. The van der Waals surface area contributed by atoms with Crippen LogP contribution in [0.2, 0.25) is 5.02 Å². The number of sulfone groups is 1. The first-order valence-electron chi connectivity index (χ1n) is 8.93. The fourth-order valence-corrected chi connectivity index (χ4v) is 4.63. The van der Waals surface area contributed by atoms with Crippen molar-refractivity contribution < 1.29 is 13.2 Å². The van der Waals surface area contributed by atoms with E-state index in [-0.39, 0.29) is 23.0 Å². The SMILES string of the molecule is Cc1ccc(S(=O)(=O)CCC(=O)N2CCN(c3ccccc3Cl)CC2)cc1. The molecular formula is C20H23ClN2O3S. The minimum absolute atomic E-state index is 0.00228. The molecule has 0 bridgehead atoms. The topological polar surface area (TPSA) is 57.7 Å². The molecule has 0 aromatic heterocycles. The molecule has 1 aliphatic rings. The molecule has 0 aliphatic carbocycles. The number of rotatable bonds is 5. The Morgan fingerprint density at radius 3 is 2.26 bits per heavy atom. The summed E-state index contributed by atoms with van der Waals surface area (Å²) in [5.41, 5.74) is 1.97. The average molecular weight is 407 g/mol. The Labute approximate surface area is 165 Å². The highest BCUT2D eigenvalue weighted by molar-refractivity contribution is 7.91. The molecular weight excluding hydrogens is 384 g/mol. The molecule has 0 spiro atoms. The van der Waals surface area contributed by atoms with Gasteiger partial charge in [0.1, 0.15) is 0 Å². The van der Waals surface area contributed by atoms with Crippen LogP contribution in [0.15, 0.2) is 53.4 Å². The van der Waals surface area contributed by atoms with Crippen LogP contribution in [0.1, 0.15) is 12.0 Å². The lowest BCUT2D eigenvalue weighted by Crippen LogP contribution is -2.49. The van der Waals surface area contributed by atoms with Crippen molar-refractivity contribution in [2.45, 2.75) is 18.2 Å². The van der Waals surface area contributed by atoms with Crippen LogP contribution in [-0.4, -0.2) is 51.2 Å². The van der Waals surface area contributed by atoms with Crippen LogP contribution in [0, 0.1) is 6.92 Å². The van der Waals surface area contributed by atoms with Crippen LogP contribution < -0.4 is 4.90 Å². The maximum atomic E-state index is 12.5. The molecule has 1 aliphatic heterocycles. The van der Waals surface area contributed by atoms with Crippen molar-refractivity contribution in [3.63, 3.8) is 0 Å². The number of aryl methyl sites for hydroxylation is 1. The average Bonchev–Trinajstić information content (AvgIpc) is 2.67. The van der Waals surface area contributed by atoms with Crippen LogP contribution in [0.25, 0.3) is 0 Å². The molecule has 2 aromatic rings. The van der Waals surface area contributed by atoms with Gasteiger partial charge in [0.05, 0.1) is 21.4 Å². The van der Waals surface area contributed by atoms with Gasteiger partial charge in [-0.25, -0.2) is 8.42 Å². The van der Waals surface area contributed by atoms with Crippen LogP contribution in [0.5, 0.6) is 0 Å². The van der Waals surface area contributed by atoms with E-state index in [1.807, 2.05) is 31.2 Å². The van der Waals surface area contributed by atoms with E-state index in [1.54, 1.807) is 29.2 Å². The van der Waals surface area contributed by atoms with Crippen LogP contribution in [0.4, 0.5) is 5.69 Å². The van der Waals surface area contributed by atoms with Gasteiger partial charge in [-0.3, -0.25) is 4.79 Å². The fraction of sp³-hybridized carbons (Fsp3) is 0.350. The zero-order chi connectivity index (χ0) is 19.4. The molecule has 0 saturated carbocycles. The van der Waals surface area contributed by atoms with Crippen molar-refractivity contribution >= 4 is 33.0 Å². The monoisotopic (exact) mass is 406 g/mol. The third kappa shape index (κ3) is 4.82. The van der Waals surface area contributed by atoms with E-state index in [2.05, 4.69) is 4.90 Å². The highest BCUT2D eigenvalue weighted by Gasteiger charge is 2.24. The van der Waals surface area contributed by atoms with E-state index in [9.17, 15) is 13.2 Å². The molecule has 5 nitrogen and oxygen atoms in total. The van der Waals surface area contributed by atoms with Gasteiger partial charge in [0.15, 0.2) is 9.84 Å². The molecule has 144 valence electrons. The Hall–Kier alpha value is -2.05. The summed E-state index contributed by atoms with van der Waals surface area (Å²) < 4.78 is 24.8. The number of amides is 1. The van der Waals surface area contributed by atoms with Gasteiger partial charge >= 0.3 is 0 Å². The lowest BCUT2D eigenvalue weighted by Gasteiger charge is -2.36. The van der Waals surface area contributed by atoms with Gasteiger partial charge in [-0.2, -0.15) is 0 Å². The molecule has 27 heavy (non-hydrogen) atoms. The number of benzene rings is 2. The number of carbonyl (C=O) groups is 1. The van der Waals surface area contributed by atoms with E-state index in [0.717, 1.165) is 11.3 Å². The number of para-hydroxylation sites is 1. The number of nitrogens with zero attached hydrogens (tertiary/aromatic N) is 2. The summed E-state index contributed by atoms with van der Waals surface area (Å²) >= 11 is 6.24. The van der Waals surface area contributed by atoms with Crippen molar-refractivity contribution in [3.05, 3.63) is 59.1 Å². The Kier molecular flexibility index (Phi) is 6.07. The lowest BCUT2D eigenvalue weighted by molar-refractivity contribution is -0.131. The van der Waals surface area contributed by atoms with Crippen LogP contribution in [-0.2, 0) is 14.6 Å². The molecule has 0 unspecified atom stereocenters. The third-order valence-electron chi connectivity index (χ3n) is 4.79. The molecule has 1 fully saturated rings. The van der Waals surface area contributed by atoms with Gasteiger partial charge in [0.2, 0.25) is 5.91 Å². The number of hydrogen-bond donors (Lipinski definition) is 0. The quantitative estimate of drug-likeness (QED) is 0.765. The standard InChI is InChI=1S/C20H23ClN2O3S/c1-16-6-8-17(9-7-16)27(25,26)15-10-20(24)23-13-11-22(12-14-23)19-5-3-2-4-18(19)21/h2-9H,10-15H2,1H3. The second-order valence-electron chi connectivity index (χ2n) is 6.70. The highest BCUT2D eigenvalue weighted by Crippen LogP contribution is 2.26. The van der Waals surface area contributed by atoms with Gasteiger partial charge in [-0.15, -0.1) is 0 Å². The van der Waals surface area contributed by atoms with Crippen molar-refractivity contribution in [1.82, 2.24) is 4.90 Å². The van der Waals surface area contributed by atoms with Crippen LogP contribution in [0.3, 0.4) is 0 Å². The Morgan fingerprint density at radius 1 is 1.00 bits per heavy atom. The minimum Gasteiger partial charge on any atom is -0.367 e. The van der Waals surface area contributed by atoms with Gasteiger partial charge < -0.3 is 9.80 Å². The Balaban J connectivity index is 1.54. The number of piperazine rings is 1. The molecule has 0 radical (unpaired) electrons. The van der Waals surface area contributed by atoms with Crippen molar-refractivity contribution in [1.29, 1.82) is 0 Å². The lowest BCUT2D eigenvalue weighted by atomic mass is 10.2. The molecule has 1 amide bonds. The summed E-state index contributed by atoms with van der Waals surface area (Å²) in [6.07, 6.45) is 0.00228. The smallest absolute Gasteiger partial charge is 0.223 e. The molecule has 0 atom stereocenters. The summed E-state index contributed by atoms with van der Waals surface area (Å²) in [6, 6.07) is 14.4. The van der Waals surface area contributed by atoms with Gasteiger partial charge in [-0.05, 0) is 31.2 Å². The first-order chi connectivity index (χ1) is 12.9. The summed E-state index contributed by atoms with van der Waals surface area (Å²) in [4.78, 5) is 16.6. The maximum Gasteiger partial charge on any atom is 0.223 e. The van der Waals surface area contributed by atoms with Crippen molar-refractivity contribution in [3.8, 4) is 0 Å². The molecule has 7 heteroatoms. The largest absolute Gasteiger partial charge is 0.367 e. The summed E-state index contributed by atoms with van der Waals surface area (Å²) in [7, 11) is -3.45. The molecule has 3 rings (SSSR count). The van der Waals surface area contributed by atoms with E-state index in [0.29, 0.717) is 31.2 Å². The molecule has 2 aromatic carbocycles. The summed E-state index contributed by atoms with van der Waals surface area (Å²) in [5, 5.41) is 0.696. The van der Waals surface area contributed by atoms with Gasteiger partial charge in [-0.1, -0.05) is 41.4 Å². The minimum atomic E-state index is -3.45. The number of anilines is 1.